The Balaban J connectivity index is 1.49. The van der Waals surface area contributed by atoms with Crippen molar-refractivity contribution in [3.05, 3.63) is 48.0 Å². The third kappa shape index (κ3) is 4.65. The van der Waals surface area contributed by atoms with E-state index in [9.17, 15) is 13.2 Å². The molecule has 7 nitrogen and oxygen atoms in total. The van der Waals surface area contributed by atoms with E-state index in [1.807, 2.05) is 25.1 Å². The van der Waals surface area contributed by atoms with Crippen LogP contribution in [-0.2, 0) is 10.0 Å². The Kier molecular flexibility index (Phi) is 6.24. The van der Waals surface area contributed by atoms with E-state index in [0.717, 1.165) is 21.8 Å². The van der Waals surface area contributed by atoms with Gasteiger partial charge in [0, 0.05) is 33.3 Å². The Bertz CT molecular complexity index is 1230. The van der Waals surface area contributed by atoms with Crippen molar-refractivity contribution in [2.45, 2.75) is 25.2 Å². The average Bonchev–Trinajstić information content (AvgIpc) is 3.17. The molecule has 1 saturated heterocycles. The molecule has 1 aliphatic rings. The molecule has 2 aromatic carbocycles. The average molecular weight is 474 g/mol. The second kappa shape index (κ2) is 8.80. The normalized spacial score (nSPS) is 19.8. The first-order valence-electron chi connectivity index (χ1n) is 10.5. The number of hydrogen-bond acceptors (Lipinski definition) is 7. The van der Waals surface area contributed by atoms with E-state index in [1.54, 1.807) is 16.4 Å². The number of benzene rings is 2. The van der Waals surface area contributed by atoms with Crippen molar-refractivity contribution >= 4 is 42.7 Å². The summed E-state index contributed by atoms with van der Waals surface area (Å²) in [6.07, 6.45) is 1.03. The van der Waals surface area contributed by atoms with Crippen molar-refractivity contribution in [2.75, 3.05) is 32.1 Å². The van der Waals surface area contributed by atoms with E-state index in [-0.39, 0.29) is 4.90 Å². The van der Waals surface area contributed by atoms with Crippen LogP contribution in [-0.4, -0.2) is 50.9 Å². The summed E-state index contributed by atoms with van der Waals surface area (Å²) in [5, 5.41) is 0.873. The monoisotopic (exact) mass is 473 g/mol. The summed E-state index contributed by atoms with van der Waals surface area (Å²) >= 11 is 1.51. The number of esters is 1. The van der Waals surface area contributed by atoms with Crippen LogP contribution in [0.3, 0.4) is 0 Å². The highest BCUT2D eigenvalue weighted by molar-refractivity contribution is 7.89. The summed E-state index contributed by atoms with van der Waals surface area (Å²) < 4.78 is 34.0. The van der Waals surface area contributed by atoms with Gasteiger partial charge in [0.05, 0.1) is 20.7 Å². The van der Waals surface area contributed by atoms with Crippen LogP contribution in [0.5, 0.6) is 5.75 Å². The van der Waals surface area contributed by atoms with Gasteiger partial charge in [0.15, 0.2) is 5.13 Å². The molecule has 32 heavy (non-hydrogen) atoms. The largest absolute Gasteiger partial charge is 0.423 e. The second-order valence-corrected chi connectivity index (χ2v) is 11.6. The molecule has 3 aromatic rings. The van der Waals surface area contributed by atoms with Crippen LogP contribution < -0.4 is 9.64 Å². The van der Waals surface area contributed by atoms with Crippen LogP contribution in [0.4, 0.5) is 5.13 Å². The lowest BCUT2D eigenvalue weighted by Crippen LogP contribution is -2.42. The quantitative estimate of drug-likeness (QED) is 0.407. The number of nitrogens with zero attached hydrogens (tertiary/aromatic N) is 3. The minimum Gasteiger partial charge on any atom is -0.423 e. The number of piperidine rings is 1. The topological polar surface area (TPSA) is 79.8 Å². The van der Waals surface area contributed by atoms with Crippen LogP contribution in [0, 0.1) is 11.8 Å². The van der Waals surface area contributed by atoms with Crippen molar-refractivity contribution < 1.29 is 17.9 Å². The van der Waals surface area contributed by atoms with Crippen molar-refractivity contribution in [1.29, 1.82) is 0 Å². The van der Waals surface area contributed by atoms with Crippen LogP contribution in [0.25, 0.3) is 10.2 Å². The van der Waals surface area contributed by atoms with Crippen molar-refractivity contribution in [1.82, 2.24) is 9.29 Å². The van der Waals surface area contributed by atoms with Gasteiger partial charge in [-0.05, 0) is 54.7 Å². The van der Waals surface area contributed by atoms with Crippen LogP contribution in [0.1, 0.15) is 30.6 Å². The number of anilines is 1. The molecule has 0 radical (unpaired) electrons. The maximum Gasteiger partial charge on any atom is 0.343 e. The highest BCUT2D eigenvalue weighted by Gasteiger charge is 2.31. The van der Waals surface area contributed by atoms with E-state index >= 15 is 0 Å². The van der Waals surface area contributed by atoms with Gasteiger partial charge in [-0.25, -0.2) is 18.2 Å². The Morgan fingerprint density at radius 3 is 2.38 bits per heavy atom. The Morgan fingerprint density at radius 1 is 1.09 bits per heavy atom. The smallest absolute Gasteiger partial charge is 0.343 e. The summed E-state index contributed by atoms with van der Waals surface area (Å²) in [4.78, 5) is 19.2. The molecule has 2 atom stereocenters. The van der Waals surface area contributed by atoms with E-state index in [2.05, 4.69) is 18.8 Å². The van der Waals surface area contributed by atoms with Gasteiger partial charge in [-0.3, -0.25) is 0 Å². The van der Waals surface area contributed by atoms with Crippen molar-refractivity contribution in [3.8, 4) is 5.75 Å². The number of sulfonamides is 1. The predicted molar refractivity (Wildman–Crippen MR) is 127 cm³/mol. The van der Waals surface area contributed by atoms with Gasteiger partial charge in [-0.15, -0.1) is 0 Å². The molecule has 4 rings (SSSR count). The van der Waals surface area contributed by atoms with Crippen molar-refractivity contribution in [3.63, 3.8) is 0 Å². The molecule has 0 bridgehead atoms. The lowest BCUT2D eigenvalue weighted by molar-refractivity contribution is 0.0735. The first-order chi connectivity index (χ1) is 15.1. The number of rotatable bonds is 5. The van der Waals surface area contributed by atoms with Gasteiger partial charge in [-0.2, -0.15) is 4.31 Å². The number of carbonyl (C=O) groups excluding carboxylic acids is 1. The second-order valence-electron chi connectivity index (χ2n) is 8.70. The number of carbonyl (C=O) groups is 1. The predicted octanol–water partition coefficient (Wildman–Crippen LogP) is 4.25. The molecule has 0 spiro atoms. The number of ether oxygens (including phenoxy) is 1. The first-order valence-corrected chi connectivity index (χ1v) is 12.8. The van der Waals surface area contributed by atoms with E-state index < -0.39 is 16.0 Å². The summed E-state index contributed by atoms with van der Waals surface area (Å²) in [6.45, 7) is 5.18. The molecule has 1 aromatic heterocycles. The minimum atomic E-state index is -3.59. The molecule has 1 aliphatic heterocycles. The molecule has 2 heterocycles. The van der Waals surface area contributed by atoms with Gasteiger partial charge in [0.2, 0.25) is 10.0 Å². The lowest BCUT2D eigenvalue weighted by atomic mass is 9.94. The first kappa shape index (κ1) is 22.7. The summed E-state index contributed by atoms with van der Waals surface area (Å²) in [7, 11) is 0.264. The molecular weight excluding hydrogens is 446 g/mol. The van der Waals surface area contributed by atoms with Crippen LogP contribution in [0.15, 0.2) is 47.4 Å². The summed E-state index contributed by atoms with van der Waals surface area (Å²) in [5.74, 6) is 0.537. The van der Waals surface area contributed by atoms with Crippen LogP contribution >= 0.6 is 11.3 Å². The highest BCUT2D eigenvalue weighted by atomic mass is 32.2. The maximum atomic E-state index is 13.0. The molecule has 0 N–H and O–H groups in total. The summed E-state index contributed by atoms with van der Waals surface area (Å²) in [5.41, 5.74) is 1.14. The minimum absolute atomic E-state index is 0.192. The Labute approximate surface area is 192 Å². The molecule has 2 unspecified atom stereocenters. The third-order valence-corrected chi connectivity index (χ3v) is 8.54. The third-order valence-electron chi connectivity index (χ3n) is 5.50. The van der Waals surface area contributed by atoms with Gasteiger partial charge in [0.25, 0.3) is 0 Å². The Hall–Kier alpha value is -2.49. The molecule has 9 heteroatoms. The molecule has 1 fully saturated rings. The number of fused-ring (bicyclic) bond motifs is 1. The zero-order valence-corrected chi connectivity index (χ0v) is 20.2. The SMILES string of the molecule is CC1CC(C)CN(S(=O)(=O)c2ccc(C(=O)Oc3ccc4nc(N(C)C)sc4c3)cc2)C1. The van der Waals surface area contributed by atoms with Gasteiger partial charge in [-0.1, -0.05) is 25.2 Å². The molecule has 170 valence electrons. The van der Waals surface area contributed by atoms with E-state index in [1.165, 1.54) is 35.6 Å². The molecular formula is C23H27N3O4S2. The molecule has 0 amide bonds. The number of hydrogen-bond donors (Lipinski definition) is 0. The fraction of sp³-hybridized carbons (Fsp3) is 0.391. The fourth-order valence-corrected chi connectivity index (χ4v) is 6.62. The van der Waals surface area contributed by atoms with Crippen molar-refractivity contribution in [2.24, 2.45) is 11.8 Å². The molecule has 0 aliphatic carbocycles. The molecule has 0 saturated carbocycles. The number of thiazole rings is 1. The zero-order chi connectivity index (χ0) is 23.0. The Morgan fingerprint density at radius 2 is 1.75 bits per heavy atom. The van der Waals surface area contributed by atoms with Gasteiger partial charge in [0.1, 0.15) is 5.75 Å². The lowest BCUT2D eigenvalue weighted by Gasteiger charge is -2.34. The highest BCUT2D eigenvalue weighted by Crippen LogP contribution is 2.31. The fourth-order valence-electron chi connectivity index (χ4n) is 4.03. The maximum absolute atomic E-state index is 13.0. The summed E-state index contributed by atoms with van der Waals surface area (Å²) in [6, 6.07) is 11.3. The van der Waals surface area contributed by atoms with Crippen LogP contribution in [0.2, 0.25) is 0 Å². The number of aromatic nitrogens is 1. The van der Waals surface area contributed by atoms with Gasteiger partial charge < -0.3 is 9.64 Å². The zero-order valence-electron chi connectivity index (χ0n) is 18.6. The van der Waals surface area contributed by atoms with E-state index in [4.69, 9.17) is 4.74 Å². The van der Waals surface area contributed by atoms with E-state index in [0.29, 0.717) is 36.2 Å². The standard InChI is InChI=1S/C23H27N3O4S2/c1-15-11-16(2)14-26(13-15)32(28,29)19-8-5-17(6-9-19)22(27)30-18-7-10-20-21(12-18)31-23(24-20)25(3)4/h5-10,12,15-16H,11,13-14H2,1-4H3. The van der Waals surface area contributed by atoms with Gasteiger partial charge >= 0.3 is 5.97 Å².